The molecule has 2 heterocycles. The number of likely N-dealkylation sites (tertiary alicyclic amines) is 1. The van der Waals surface area contributed by atoms with Crippen LogP contribution in [-0.2, 0) is 11.3 Å². The highest BCUT2D eigenvalue weighted by atomic mass is 16.4. The number of aromatic nitrogens is 2. The van der Waals surface area contributed by atoms with Gasteiger partial charge in [0.2, 0.25) is 0 Å². The molecule has 1 aromatic heterocycles. The number of urea groups is 1. The Kier molecular flexibility index (Phi) is 5.21. The molecule has 3 rings (SSSR count). The summed E-state index contributed by atoms with van der Waals surface area (Å²) in [5, 5.41) is 12.2. The molecule has 144 valence electrons. The molecular formula is C20H26N4O3. The van der Waals surface area contributed by atoms with Crippen LogP contribution in [0.5, 0.6) is 0 Å². The molecule has 1 unspecified atom stereocenters. The normalized spacial score (nSPS) is 19.5. The van der Waals surface area contributed by atoms with Crippen molar-refractivity contribution < 1.29 is 14.7 Å². The van der Waals surface area contributed by atoms with Crippen LogP contribution < -0.4 is 5.32 Å². The average Bonchev–Trinajstić information content (AvgIpc) is 3.23. The quantitative estimate of drug-likeness (QED) is 0.845. The topological polar surface area (TPSA) is 87.5 Å². The van der Waals surface area contributed by atoms with E-state index >= 15 is 0 Å². The minimum absolute atomic E-state index is 0.223. The maximum absolute atomic E-state index is 12.5. The fourth-order valence-electron chi connectivity index (χ4n) is 3.41. The number of benzene rings is 1. The lowest BCUT2D eigenvalue weighted by Gasteiger charge is -2.20. The molecular weight excluding hydrogens is 344 g/mol. The van der Waals surface area contributed by atoms with Crippen LogP contribution in [0.4, 0.5) is 10.5 Å². The highest BCUT2D eigenvalue weighted by molar-refractivity contribution is 5.90. The molecule has 0 saturated carbocycles. The van der Waals surface area contributed by atoms with Gasteiger partial charge in [-0.25, -0.2) is 9.78 Å². The zero-order chi connectivity index (χ0) is 19.6. The summed E-state index contributed by atoms with van der Waals surface area (Å²) in [4.78, 5) is 29.8. The zero-order valence-electron chi connectivity index (χ0n) is 16.0. The number of aliphatic carboxylic acids is 1. The molecule has 7 heteroatoms. The van der Waals surface area contributed by atoms with E-state index in [1.54, 1.807) is 18.0 Å². The van der Waals surface area contributed by atoms with Crippen LogP contribution in [0.1, 0.15) is 44.5 Å². The van der Waals surface area contributed by atoms with Crippen molar-refractivity contribution in [1.29, 1.82) is 0 Å². The Balaban J connectivity index is 1.67. The lowest BCUT2D eigenvalue weighted by atomic mass is 9.90. The predicted octanol–water partition coefficient (Wildman–Crippen LogP) is 3.38. The van der Waals surface area contributed by atoms with Gasteiger partial charge in [-0.15, -0.1) is 0 Å². The van der Waals surface area contributed by atoms with Crippen molar-refractivity contribution in [3.8, 4) is 0 Å². The highest BCUT2D eigenvalue weighted by Gasteiger charge is 2.42. The first-order chi connectivity index (χ1) is 12.8. The van der Waals surface area contributed by atoms with E-state index in [-0.39, 0.29) is 12.6 Å². The van der Waals surface area contributed by atoms with Gasteiger partial charge >= 0.3 is 12.0 Å². The summed E-state index contributed by atoms with van der Waals surface area (Å²) in [5.74, 6) is 0.497. The second kappa shape index (κ2) is 7.42. The minimum atomic E-state index is -0.867. The molecule has 1 fully saturated rings. The SMILES string of the molecule is CC(C)c1nccn1Cc1cccc(NC(=O)N2CCC(C)(C(=O)O)C2)c1. The third-order valence-electron chi connectivity index (χ3n) is 5.07. The molecule has 2 N–H and O–H groups in total. The number of amides is 2. The second-order valence-corrected chi connectivity index (χ2v) is 7.74. The summed E-state index contributed by atoms with van der Waals surface area (Å²) in [6.07, 6.45) is 4.22. The Labute approximate surface area is 159 Å². The third kappa shape index (κ3) is 4.13. The monoisotopic (exact) mass is 370 g/mol. The number of carboxylic acids is 1. The number of carbonyl (C=O) groups excluding carboxylic acids is 1. The Morgan fingerprint density at radius 1 is 1.37 bits per heavy atom. The summed E-state index contributed by atoms with van der Waals surface area (Å²) >= 11 is 0. The van der Waals surface area contributed by atoms with E-state index in [0.29, 0.717) is 31.1 Å². The molecule has 0 spiro atoms. The van der Waals surface area contributed by atoms with Crippen molar-refractivity contribution in [3.63, 3.8) is 0 Å². The Morgan fingerprint density at radius 2 is 2.15 bits per heavy atom. The standard InChI is InChI=1S/C20H26N4O3/c1-14(2)17-21-8-10-23(17)12-15-5-4-6-16(11-15)22-19(27)24-9-7-20(3,13-24)18(25)26/h4-6,8,10-11,14H,7,9,12-13H2,1-3H3,(H,22,27)(H,25,26). The number of imidazole rings is 1. The highest BCUT2D eigenvalue weighted by Crippen LogP contribution is 2.30. The van der Waals surface area contributed by atoms with Crippen molar-refractivity contribution >= 4 is 17.7 Å². The maximum atomic E-state index is 12.5. The zero-order valence-corrected chi connectivity index (χ0v) is 16.0. The smallest absolute Gasteiger partial charge is 0.321 e. The van der Waals surface area contributed by atoms with E-state index in [2.05, 4.69) is 28.7 Å². The van der Waals surface area contributed by atoms with Crippen molar-refractivity contribution in [2.24, 2.45) is 5.41 Å². The summed E-state index contributed by atoms with van der Waals surface area (Å²) in [6, 6.07) is 7.43. The predicted molar refractivity (Wildman–Crippen MR) is 103 cm³/mol. The van der Waals surface area contributed by atoms with E-state index in [0.717, 1.165) is 11.4 Å². The van der Waals surface area contributed by atoms with Crippen LogP contribution in [0, 0.1) is 5.41 Å². The number of nitrogens with one attached hydrogen (secondary N) is 1. The molecule has 27 heavy (non-hydrogen) atoms. The number of rotatable bonds is 5. The first-order valence-electron chi connectivity index (χ1n) is 9.18. The first kappa shape index (κ1) is 18.9. The molecule has 1 saturated heterocycles. The summed E-state index contributed by atoms with van der Waals surface area (Å²) in [6.45, 7) is 7.24. The van der Waals surface area contributed by atoms with Crippen molar-refractivity contribution in [1.82, 2.24) is 14.5 Å². The van der Waals surface area contributed by atoms with E-state index in [1.807, 2.05) is 30.5 Å². The first-order valence-corrected chi connectivity index (χ1v) is 9.18. The van der Waals surface area contributed by atoms with Crippen LogP contribution in [0.25, 0.3) is 0 Å². The Morgan fingerprint density at radius 3 is 2.81 bits per heavy atom. The van der Waals surface area contributed by atoms with E-state index in [4.69, 9.17) is 0 Å². The van der Waals surface area contributed by atoms with Crippen molar-refractivity contribution in [2.75, 3.05) is 18.4 Å². The number of nitrogens with zero attached hydrogens (tertiary/aromatic N) is 3. The number of hydrogen-bond acceptors (Lipinski definition) is 3. The van der Waals surface area contributed by atoms with Crippen molar-refractivity contribution in [2.45, 2.75) is 39.7 Å². The molecule has 1 aliphatic heterocycles. The van der Waals surface area contributed by atoms with Gasteiger partial charge in [0.25, 0.3) is 0 Å². The van der Waals surface area contributed by atoms with Gasteiger partial charge in [0.15, 0.2) is 0 Å². The maximum Gasteiger partial charge on any atom is 0.321 e. The Hall–Kier alpha value is -2.83. The molecule has 7 nitrogen and oxygen atoms in total. The van der Waals surface area contributed by atoms with Gasteiger partial charge < -0.3 is 19.9 Å². The molecule has 0 aliphatic carbocycles. The van der Waals surface area contributed by atoms with E-state index in [9.17, 15) is 14.7 Å². The fourth-order valence-corrected chi connectivity index (χ4v) is 3.41. The second-order valence-electron chi connectivity index (χ2n) is 7.74. The Bertz CT molecular complexity index is 845. The van der Waals surface area contributed by atoms with Gasteiger partial charge in [0, 0.05) is 43.6 Å². The van der Waals surface area contributed by atoms with Gasteiger partial charge in [-0.3, -0.25) is 4.79 Å². The lowest BCUT2D eigenvalue weighted by Crippen LogP contribution is -2.37. The largest absolute Gasteiger partial charge is 0.481 e. The molecule has 1 atom stereocenters. The van der Waals surface area contributed by atoms with Gasteiger partial charge in [0.1, 0.15) is 5.82 Å². The summed E-state index contributed by atoms with van der Waals surface area (Å²) in [5.41, 5.74) is 0.894. The van der Waals surface area contributed by atoms with Crippen LogP contribution in [0.2, 0.25) is 0 Å². The number of carboxylic acid groups (broad SMARTS) is 1. The van der Waals surface area contributed by atoms with Crippen LogP contribution in [0.15, 0.2) is 36.7 Å². The van der Waals surface area contributed by atoms with Gasteiger partial charge in [-0.2, -0.15) is 0 Å². The summed E-state index contributed by atoms with van der Waals surface area (Å²) < 4.78 is 2.10. The van der Waals surface area contributed by atoms with Gasteiger partial charge in [-0.1, -0.05) is 26.0 Å². The molecule has 0 radical (unpaired) electrons. The van der Waals surface area contributed by atoms with Crippen molar-refractivity contribution in [3.05, 3.63) is 48.0 Å². The third-order valence-corrected chi connectivity index (χ3v) is 5.07. The van der Waals surface area contributed by atoms with E-state index in [1.165, 1.54) is 0 Å². The average molecular weight is 370 g/mol. The fraction of sp³-hybridized carbons (Fsp3) is 0.450. The molecule has 1 aliphatic rings. The number of hydrogen-bond donors (Lipinski definition) is 2. The van der Waals surface area contributed by atoms with Gasteiger partial charge in [0.05, 0.1) is 5.41 Å². The van der Waals surface area contributed by atoms with Crippen LogP contribution in [0.3, 0.4) is 0 Å². The van der Waals surface area contributed by atoms with Crippen LogP contribution >= 0.6 is 0 Å². The van der Waals surface area contributed by atoms with Crippen LogP contribution in [-0.4, -0.2) is 44.6 Å². The van der Waals surface area contributed by atoms with E-state index < -0.39 is 11.4 Å². The van der Waals surface area contributed by atoms with Gasteiger partial charge in [-0.05, 0) is 31.0 Å². The molecule has 2 amide bonds. The molecule has 0 bridgehead atoms. The number of anilines is 1. The molecule has 1 aromatic carbocycles. The molecule has 2 aromatic rings. The summed E-state index contributed by atoms with van der Waals surface area (Å²) in [7, 11) is 0. The lowest BCUT2D eigenvalue weighted by molar-refractivity contribution is -0.146. The minimum Gasteiger partial charge on any atom is -0.481 e. The number of carbonyl (C=O) groups is 2.